The maximum Gasteiger partial charge on any atom is 0.228 e. The van der Waals surface area contributed by atoms with Gasteiger partial charge in [0.25, 0.3) is 0 Å². The van der Waals surface area contributed by atoms with Crippen LogP contribution in [0.4, 0.5) is 0 Å². The molecular formula is C8H14N2O2. The zero-order chi connectivity index (χ0) is 8.55. The fourth-order valence-corrected chi connectivity index (χ4v) is 1.66. The third kappa shape index (κ3) is 1.32. The van der Waals surface area contributed by atoms with Gasteiger partial charge in [-0.1, -0.05) is 0 Å². The van der Waals surface area contributed by atoms with E-state index in [1.807, 2.05) is 0 Å². The van der Waals surface area contributed by atoms with Gasteiger partial charge in [-0.05, 0) is 6.42 Å². The van der Waals surface area contributed by atoms with Crippen molar-refractivity contribution in [3.63, 3.8) is 0 Å². The Labute approximate surface area is 71.5 Å². The van der Waals surface area contributed by atoms with Crippen LogP contribution in [0.1, 0.15) is 6.42 Å². The van der Waals surface area contributed by atoms with E-state index < -0.39 is 0 Å². The van der Waals surface area contributed by atoms with Crippen LogP contribution in [0, 0.1) is 5.92 Å². The highest BCUT2D eigenvalue weighted by molar-refractivity contribution is 5.80. The highest BCUT2D eigenvalue weighted by Crippen LogP contribution is 2.14. The molecule has 0 spiro atoms. The molecule has 2 saturated heterocycles. The highest BCUT2D eigenvalue weighted by Gasteiger charge is 2.32. The van der Waals surface area contributed by atoms with E-state index in [4.69, 9.17) is 0 Å². The summed E-state index contributed by atoms with van der Waals surface area (Å²) in [6.07, 6.45) is 0.452. The number of nitrogens with zero attached hydrogens (tertiary/aromatic N) is 1. The molecule has 0 radical (unpaired) electrons. The molecule has 4 heteroatoms. The van der Waals surface area contributed by atoms with Crippen LogP contribution in [-0.2, 0) is 4.79 Å². The molecule has 0 bridgehead atoms. The second-order valence-corrected chi connectivity index (χ2v) is 3.58. The van der Waals surface area contributed by atoms with Crippen LogP contribution in [0.2, 0.25) is 0 Å². The van der Waals surface area contributed by atoms with Crippen molar-refractivity contribution >= 4 is 5.91 Å². The van der Waals surface area contributed by atoms with Crippen molar-refractivity contribution in [2.45, 2.75) is 12.5 Å². The normalized spacial score (nSPS) is 30.4. The lowest BCUT2D eigenvalue weighted by Crippen LogP contribution is -2.51. The first-order valence-electron chi connectivity index (χ1n) is 4.45. The minimum Gasteiger partial charge on any atom is -0.391 e. The molecule has 68 valence electrons. The minimum absolute atomic E-state index is 0.176. The Bertz CT molecular complexity index is 191. The van der Waals surface area contributed by atoms with Gasteiger partial charge in [0, 0.05) is 26.2 Å². The van der Waals surface area contributed by atoms with E-state index in [1.165, 1.54) is 0 Å². The van der Waals surface area contributed by atoms with E-state index in [-0.39, 0.29) is 17.9 Å². The number of hydrogen-bond donors (Lipinski definition) is 2. The molecule has 0 saturated carbocycles. The summed E-state index contributed by atoms with van der Waals surface area (Å²) in [6.45, 7) is 2.89. The van der Waals surface area contributed by atoms with Gasteiger partial charge in [0.1, 0.15) is 0 Å². The topological polar surface area (TPSA) is 52.6 Å². The molecule has 12 heavy (non-hydrogen) atoms. The number of aliphatic hydroxyl groups excluding tert-OH is 1. The number of carbonyl (C=O) groups is 1. The molecule has 1 amide bonds. The zero-order valence-electron chi connectivity index (χ0n) is 6.99. The number of likely N-dealkylation sites (tertiary alicyclic amines) is 1. The minimum atomic E-state index is -0.290. The third-order valence-electron chi connectivity index (χ3n) is 2.61. The lowest BCUT2D eigenvalue weighted by atomic mass is 10.0. The Hall–Kier alpha value is -0.610. The van der Waals surface area contributed by atoms with Crippen LogP contribution < -0.4 is 5.32 Å². The smallest absolute Gasteiger partial charge is 0.228 e. The summed E-state index contributed by atoms with van der Waals surface area (Å²) >= 11 is 0. The molecule has 0 aromatic heterocycles. The van der Waals surface area contributed by atoms with Gasteiger partial charge in [-0.3, -0.25) is 4.79 Å². The van der Waals surface area contributed by atoms with Crippen molar-refractivity contribution in [1.29, 1.82) is 0 Å². The van der Waals surface area contributed by atoms with Crippen LogP contribution in [0.25, 0.3) is 0 Å². The molecule has 0 aromatic rings. The van der Waals surface area contributed by atoms with E-state index in [9.17, 15) is 9.90 Å². The van der Waals surface area contributed by atoms with Gasteiger partial charge in [0.2, 0.25) is 5.91 Å². The summed E-state index contributed by atoms with van der Waals surface area (Å²) in [5.74, 6) is 0.389. The first kappa shape index (κ1) is 8.01. The van der Waals surface area contributed by atoms with Crippen LogP contribution >= 0.6 is 0 Å². The Morgan fingerprint density at radius 3 is 2.67 bits per heavy atom. The van der Waals surface area contributed by atoms with Crippen LogP contribution in [0.15, 0.2) is 0 Å². The van der Waals surface area contributed by atoms with Crippen molar-refractivity contribution in [3.8, 4) is 0 Å². The summed E-state index contributed by atoms with van der Waals surface area (Å²) in [4.78, 5) is 13.3. The Morgan fingerprint density at radius 1 is 1.50 bits per heavy atom. The van der Waals surface area contributed by atoms with E-state index in [1.54, 1.807) is 4.90 Å². The molecule has 2 aliphatic rings. The first-order valence-corrected chi connectivity index (χ1v) is 4.45. The average Bonchev–Trinajstić information content (AvgIpc) is 2.31. The maximum absolute atomic E-state index is 11.5. The lowest BCUT2D eigenvalue weighted by Gasteiger charge is -2.29. The van der Waals surface area contributed by atoms with Crippen LogP contribution in [-0.4, -0.2) is 48.2 Å². The molecular weight excluding hydrogens is 156 g/mol. The van der Waals surface area contributed by atoms with Crippen LogP contribution in [0.5, 0.6) is 0 Å². The monoisotopic (exact) mass is 170 g/mol. The van der Waals surface area contributed by atoms with Crippen molar-refractivity contribution in [2.75, 3.05) is 26.2 Å². The Morgan fingerprint density at radius 2 is 2.25 bits per heavy atom. The van der Waals surface area contributed by atoms with E-state index in [0.717, 1.165) is 26.1 Å². The third-order valence-corrected chi connectivity index (χ3v) is 2.61. The van der Waals surface area contributed by atoms with Gasteiger partial charge in [-0.2, -0.15) is 0 Å². The van der Waals surface area contributed by atoms with Gasteiger partial charge in [-0.15, -0.1) is 0 Å². The van der Waals surface area contributed by atoms with E-state index in [2.05, 4.69) is 5.32 Å². The second kappa shape index (κ2) is 3.03. The maximum atomic E-state index is 11.5. The summed E-state index contributed by atoms with van der Waals surface area (Å²) in [5, 5.41) is 12.3. The molecule has 2 heterocycles. The molecule has 2 fully saturated rings. The molecule has 2 rings (SSSR count). The fraction of sp³-hybridized carbons (Fsp3) is 0.875. The summed E-state index contributed by atoms with van der Waals surface area (Å²) in [7, 11) is 0. The van der Waals surface area contributed by atoms with Gasteiger partial charge in [-0.25, -0.2) is 0 Å². The molecule has 0 aliphatic carbocycles. The second-order valence-electron chi connectivity index (χ2n) is 3.58. The van der Waals surface area contributed by atoms with Crippen molar-refractivity contribution < 1.29 is 9.90 Å². The standard InChI is InChI=1S/C8H14N2O2/c11-7-1-2-10(5-7)8(12)6-3-9-4-6/h6-7,9,11H,1-5H2/t7-/m1/s1. The van der Waals surface area contributed by atoms with Crippen LogP contribution in [0.3, 0.4) is 0 Å². The number of hydrogen-bond acceptors (Lipinski definition) is 3. The largest absolute Gasteiger partial charge is 0.391 e. The first-order chi connectivity index (χ1) is 5.77. The molecule has 0 aromatic carbocycles. The molecule has 2 N–H and O–H groups in total. The quantitative estimate of drug-likeness (QED) is 0.519. The van der Waals surface area contributed by atoms with Crippen molar-refractivity contribution in [1.82, 2.24) is 10.2 Å². The number of carbonyl (C=O) groups excluding carboxylic acids is 1. The number of aliphatic hydroxyl groups is 1. The molecule has 0 unspecified atom stereocenters. The predicted octanol–water partition coefficient (Wildman–Crippen LogP) is -1.20. The average molecular weight is 170 g/mol. The molecule has 2 aliphatic heterocycles. The van der Waals surface area contributed by atoms with Gasteiger partial charge in [0.05, 0.1) is 12.0 Å². The van der Waals surface area contributed by atoms with E-state index >= 15 is 0 Å². The van der Waals surface area contributed by atoms with E-state index in [0.29, 0.717) is 6.54 Å². The van der Waals surface area contributed by atoms with Crippen molar-refractivity contribution in [2.24, 2.45) is 5.92 Å². The van der Waals surface area contributed by atoms with Gasteiger partial charge >= 0.3 is 0 Å². The highest BCUT2D eigenvalue weighted by atomic mass is 16.3. The Kier molecular flexibility index (Phi) is 2.02. The predicted molar refractivity (Wildman–Crippen MR) is 43.6 cm³/mol. The Balaban J connectivity index is 1.87. The van der Waals surface area contributed by atoms with Crippen molar-refractivity contribution in [3.05, 3.63) is 0 Å². The molecule has 4 nitrogen and oxygen atoms in total. The SMILES string of the molecule is O=C(C1CNC1)N1CC[C@@H](O)C1. The zero-order valence-corrected chi connectivity index (χ0v) is 6.99. The fourth-order valence-electron chi connectivity index (χ4n) is 1.66. The summed E-state index contributed by atoms with van der Waals surface area (Å²) < 4.78 is 0. The number of nitrogens with one attached hydrogen (secondary N) is 1. The summed E-state index contributed by atoms with van der Waals surface area (Å²) in [5.41, 5.74) is 0. The number of amides is 1. The number of rotatable bonds is 1. The van der Waals surface area contributed by atoms with Gasteiger partial charge < -0.3 is 15.3 Å². The van der Waals surface area contributed by atoms with Gasteiger partial charge in [0.15, 0.2) is 0 Å². The number of β-amino-alcohol motifs (C(OH)–C–C–N with tert-alkyl or cyclic N) is 1. The summed E-state index contributed by atoms with van der Waals surface area (Å²) in [6, 6.07) is 0. The molecule has 1 atom stereocenters. The lowest BCUT2D eigenvalue weighted by molar-refractivity contribution is -0.136.